The molecule has 4 heterocycles. The number of ether oxygens (including phenoxy) is 1. The summed E-state index contributed by atoms with van der Waals surface area (Å²) in [6.45, 7) is 7.71. The van der Waals surface area contributed by atoms with E-state index in [1.807, 2.05) is 11.8 Å². The number of para-hydroxylation sites is 1. The number of benzene rings is 2. The monoisotopic (exact) mass is 380 g/mol. The fraction of sp³-hybridized carbons (Fsp3) is 0.478. The number of fused-ring (bicyclic) bond motifs is 5. The van der Waals surface area contributed by atoms with Crippen molar-refractivity contribution in [1.29, 1.82) is 0 Å². The van der Waals surface area contributed by atoms with E-state index in [0.29, 0.717) is 6.10 Å². The summed E-state index contributed by atoms with van der Waals surface area (Å²) in [6.07, 6.45) is 4.19. The summed E-state index contributed by atoms with van der Waals surface area (Å²) in [6, 6.07) is 15.7. The molecule has 0 amide bonds. The Hall–Kier alpha value is -1.49. The molecular weight excluding hydrogens is 352 g/mol. The lowest BCUT2D eigenvalue weighted by molar-refractivity contribution is -0.0766. The summed E-state index contributed by atoms with van der Waals surface area (Å²) in [7, 11) is 0. The molecule has 2 aromatic carbocycles. The Bertz CT molecular complexity index is 816. The van der Waals surface area contributed by atoms with Crippen LogP contribution in [0, 0.1) is 5.92 Å². The Morgan fingerprint density at radius 3 is 2.63 bits per heavy atom. The van der Waals surface area contributed by atoms with E-state index in [1.54, 1.807) is 0 Å². The highest BCUT2D eigenvalue weighted by atomic mass is 32.2. The van der Waals surface area contributed by atoms with E-state index >= 15 is 0 Å². The van der Waals surface area contributed by atoms with E-state index in [0.717, 1.165) is 32.0 Å². The third-order valence-corrected chi connectivity index (χ3v) is 7.31. The van der Waals surface area contributed by atoms with Crippen molar-refractivity contribution in [3.8, 4) is 0 Å². The summed E-state index contributed by atoms with van der Waals surface area (Å²) < 4.78 is 6.37. The van der Waals surface area contributed by atoms with E-state index in [4.69, 9.17) is 4.74 Å². The van der Waals surface area contributed by atoms with Crippen molar-refractivity contribution in [2.75, 3.05) is 31.1 Å². The zero-order valence-corrected chi connectivity index (χ0v) is 16.9. The minimum Gasteiger partial charge on any atom is -0.372 e. The zero-order chi connectivity index (χ0) is 18.2. The summed E-state index contributed by atoms with van der Waals surface area (Å²) in [5, 5.41) is 0. The van der Waals surface area contributed by atoms with Crippen LogP contribution in [0.5, 0.6) is 0 Å². The Labute approximate surface area is 166 Å². The maximum atomic E-state index is 6.37. The second-order valence-corrected chi connectivity index (χ2v) is 9.09. The molecule has 4 aliphatic heterocycles. The molecule has 142 valence electrons. The van der Waals surface area contributed by atoms with E-state index in [-0.39, 0.29) is 0 Å². The van der Waals surface area contributed by atoms with Crippen LogP contribution in [0.1, 0.15) is 31.7 Å². The molecule has 0 N–H and O–H groups in total. The van der Waals surface area contributed by atoms with Gasteiger partial charge in [0.2, 0.25) is 0 Å². The second-order valence-electron chi connectivity index (χ2n) is 8.01. The third-order valence-electron chi connectivity index (χ3n) is 6.20. The Morgan fingerprint density at radius 1 is 1.04 bits per heavy atom. The van der Waals surface area contributed by atoms with Crippen LogP contribution < -0.4 is 4.90 Å². The molecule has 4 heteroatoms. The van der Waals surface area contributed by atoms with Crippen LogP contribution in [0.15, 0.2) is 52.3 Å². The molecule has 0 aliphatic carbocycles. The lowest BCUT2D eigenvalue weighted by atomic mass is 9.86. The number of rotatable bonds is 5. The average molecular weight is 381 g/mol. The first-order chi connectivity index (χ1) is 13.3. The predicted molar refractivity (Wildman–Crippen MR) is 112 cm³/mol. The molecule has 0 saturated carbocycles. The maximum Gasteiger partial charge on any atom is 0.0735 e. The van der Waals surface area contributed by atoms with Crippen LogP contribution in [0.2, 0.25) is 0 Å². The molecule has 2 aromatic rings. The van der Waals surface area contributed by atoms with E-state index < -0.39 is 0 Å². The normalized spacial score (nSPS) is 26.0. The van der Waals surface area contributed by atoms with E-state index in [9.17, 15) is 0 Å². The fourth-order valence-electron chi connectivity index (χ4n) is 4.74. The van der Waals surface area contributed by atoms with Crippen molar-refractivity contribution in [3.63, 3.8) is 0 Å². The molecule has 2 bridgehead atoms. The quantitative estimate of drug-likeness (QED) is 0.698. The summed E-state index contributed by atoms with van der Waals surface area (Å²) in [5.74, 6) is 0.772. The van der Waals surface area contributed by atoms with Gasteiger partial charge in [0, 0.05) is 22.9 Å². The van der Waals surface area contributed by atoms with E-state index in [1.165, 1.54) is 52.7 Å². The number of hydrogen-bond donors (Lipinski definition) is 0. The summed E-state index contributed by atoms with van der Waals surface area (Å²) in [4.78, 5) is 7.75. The zero-order valence-electron chi connectivity index (χ0n) is 16.1. The van der Waals surface area contributed by atoms with Gasteiger partial charge in [-0.3, -0.25) is 0 Å². The van der Waals surface area contributed by atoms with Crippen LogP contribution >= 0.6 is 11.8 Å². The molecule has 0 aromatic heterocycles. The van der Waals surface area contributed by atoms with Gasteiger partial charge in [0.1, 0.15) is 0 Å². The van der Waals surface area contributed by atoms with Crippen molar-refractivity contribution in [3.05, 3.63) is 48.0 Å². The second kappa shape index (κ2) is 7.50. The SMILES string of the molecule is CCCN1c2ccccc2Sc2cc(COC3CN4CCC3CC4)ccc21. The predicted octanol–water partition coefficient (Wildman–Crippen LogP) is 5.31. The first-order valence-corrected chi connectivity index (χ1v) is 11.1. The fourth-order valence-corrected chi connectivity index (χ4v) is 5.89. The third kappa shape index (κ3) is 3.39. The molecule has 3 nitrogen and oxygen atoms in total. The highest BCUT2D eigenvalue weighted by Gasteiger charge is 2.34. The van der Waals surface area contributed by atoms with Crippen molar-refractivity contribution in [2.45, 2.75) is 48.7 Å². The Morgan fingerprint density at radius 2 is 1.85 bits per heavy atom. The van der Waals surface area contributed by atoms with Gasteiger partial charge in [-0.05, 0) is 68.1 Å². The van der Waals surface area contributed by atoms with Crippen molar-refractivity contribution >= 4 is 23.1 Å². The van der Waals surface area contributed by atoms with Crippen LogP contribution in [0.25, 0.3) is 0 Å². The molecule has 0 spiro atoms. The number of anilines is 2. The molecule has 27 heavy (non-hydrogen) atoms. The molecular formula is C23H28N2OS. The molecule has 4 aliphatic rings. The molecule has 1 atom stereocenters. The van der Waals surface area contributed by atoms with Crippen molar-refractivity contribution in [1.82, 2.24) is 4.90 Å². The minimum absolute atomic E-state index is 0.425. The van der Waals surface area contributed by atoms with Gasteiger partial charge in [-0.1, -0.05) is 36.9 Å². The smallest absolute Gasteiger partial charge is 0.0735 e. The lowest BCUT2D eigenvalue weighted by Gasteiger charge is -2.44. The Kier molecular flexibility index (Phi) is 4.89. The van der Waals surface area contributed by atoms with Crippen LogP contribution in [0.3, 0.4) is 0 Å². The topological polar surface area (TPSA) is 15.7 Å². The minimum atomic E-state index is 0.425. The maximum absolute atomic E-state index is 6.37. The Balaban J connectivity index is 1.34. The van der Waals surface area contributed by atoms with Gasteiger partial charge in [-0.25, -0.2) is 0 Å². The molecule has 0 radical (unpaired) electrons. The first kappa shape index (κ1) is 17.6. The highest BCUT2D eigenvalue weighted by Crippen LogP contribution is 2.48. The molecule has 3 fully saturated rings. The molecule has 1 unspecified atom stereocenters. The largest absolute Gasteiger partial charge is 0.372 e. The molecule has 3 saturated heterocycles. The standard InChI is InChI=1S/C23H28N2OS/c1-2-11-25-19-5-3-4-6-22(19)27-23-14-17(7-8-20(23)25)16-26-21-15-24-12-9-18(21)10-13-24/h3-8,14,18,21H,2,9-13,15-16H2,1H3. The highest BCUT2D eigenvalue weighted by molar-refractivity contribution is 7.99. The van der Waals surface area contributed by atoms with Crippen molar-refractivity contribution < 1.29 is 4.74 Å². The number of nitrogens with zero attached hydrogens (tertiary/aromatic N) is 2. The first-order valence-electron chi connectivity index (χ1n) is 10.3. The van der Waals surface area contributed by atoms with Gasteiger partial charge in [-0.15, -0.1) is 0 Å². The number of piperidine rings is 3. The summed E-state index contributed by atoms with van der Waals surface area (Å²) >= 11 is 1.89. The summed E-state index contributed by atoms with van der Waals surface area (Å²) in [5.41, 5.74) is 3.98. The average Bonchev–Trinajstić information content (AvgIpc) is 2.73. The van der Waals surface area contributed by atoms with Gasteiger partial charge in [0.25, 0.3) is 0 Å². The number of hydrogen-bond acceptors (Lipinski definition) is 4. The van der Waals surface area contributed by atoms with E-state index in [2.05, 4.69) is 59.2 Å². The van der Waals surface area contributed by atoms with Crippen LogP contribution in [-0.4, -0.2) is 37.2 Å². The van der Waals surface area contributed by atoms with Gasteiger partial charge in [0.05, 0.1) is 24.1 Å². The van der Waals surface area contributed by atoms with Gasteiger partial charge >= 0.3 is 0 Å². The van der Waals surface area contributed by atoms with Gasteiger partial charge in [0.15, 0.2) is 0 Å². The van der Waals surface area contributed by atoms with Gasteiger partial charge in [-0.2, -0.15) is 0 Å². The van der Waals surface area contributed by atoms with Crippen LogP contribution in [-0.2, 0) is 11.3 Å². The van der Waals surface area contributed by atoms with Gasteiger partial charge < -0.3 is 14.5 Å². The van der Waals surface area contributed by atoms with Crippen molar-refractivity contribution in [2.24, 2.45) is 5.92 Å². The molecule has 6 rings (SSSR count). The lowest BCUT2D eigenvalue weighted by Crippen LogP contribution is -2.51. The van der Waals surface area contributed by atoms with Crippen LogP contribution in [0.4, 0.5) is 11.4 Å².